The summed E-state index contributed by atoms with van der Waals surface area (Å²) in [7, 11) is 0. The van der Waals surface area contributed by atoms with Crippen LogP contribution in [-0.4, -0.2) is 65.0 Å². The molecule has 0 spiro atoms. The van der Waals surface area contributed by atoms with Crippen LogP contribution < -0.4 is 0 Å². The van der Waals surface area contributed by atoms with Crippen molar-refractivity contribution in [2.75, 3.05) is 32.1 Å². The summed E-state index contributed by atoms with van der Waals surface area (Å²) in [5.41, 5.74) is 0.461. The number of amides is 3. The Balaban J connectivity index is 1.56. The maximum absolute atomic E-state index is 13.5. The van der Waals surface area contributed by atoms with Gasteiger partial charge in [-0.2, -0.15) is 0 Å². The minimum absolute atomic E-state index is 0.0984. The lowest BCUT2D eigenvalue weighted by atomic mass is 9.73. The number of likely N-dealkylation sites (tertiary alicyclic amines) is 1. The summed E-state index contributed by atoms with van der Waals surface area (Å²) in [6.07, 6.45) is 1.98. The van der Waals surface area contributed by atoms with Crippen molar-refractivity contribution in [2.24, 2.45) is 0 Å². The molecule has 0 saturated carbocycles. The fraction of sp³-hybridized carbons (Fsp3) is 0.526. The molecule has 1 unspecified atom stereocenters. The molecule has 7 heteroatoms. The molecule has 0 radical (unpaired) electrons. The van der Waals surface area contributed by atoms with Crippen molar-refractivity contribution >= 4 is 28.8 Å². The minimum Gasteiger partial charge on any atom is -0.381 e. The Hall–Kier alpha value is -1.86. The van der Waals surface area contributed by atoms with Crippen molar-refractivity contribution < 1.29 is 19.1 Å². The van der Waals surface area contributed by atoms with Gasteiger partial charge in [-0.3, -0.25) is 19.3 Å². The Morgan fingerprint density at radius 1 is 1.15 bits per heavy atom. The van der Waals surface area contributed by atoms with Gasteiger partial charge in [-0.25, -0.2) is 0 Å². The molecule has 3 aliphatic heterocycles. The van der Waals surface area contributed by atoms with Crippen LogP contribution in [0.3, 0.4) is 0 Å². The molecule has 6 nitrogen and oxygen atoms in total. The second-order valence-corrected chi connectivity index (χ2v) is 8.00. The second-order valence-electron chi connectivity index (χ2n) is 7.07. The molecule has 0 bridgehead atoms. The topological polar surface area (TPSA) is 66.9 Å². The van der Waals surface area contributed by atoms with Crippen molar-refractivity contribution in [1.29, 1.82) is 0 Å². The third-order valence-electron chi connectivity index (χ3n) is 5.68. The molecule has 1 aromatic carbocycles. The lowest BCUT2D eigenvalue weighted by molar-refractivity contribution is -0.140. The van der Waals surface area contributed by atoms with Gasteiger partial charge < -0.3 is 9.64 Å². The lowest BCUT2D eigenvalue weighted by Crippen LogP contribution is -2.50. The maximum atomic E-state index is 13.5. The van der Waals surface area contributed by atoms with Gasteiger partial charge in [0.15, 0.2) is 0 Å². The van der Waals surface area contributed by atoms with Crippen molar-refractivity contribution in [1.82, 2.24) is 9.80 Å². The number of thioether (sulfide) groups is 1. The molecule has 0 aromatic heterocycles. The van der Waals surface area contributed by atoms with Gasteiger partial charge in [0.25, 0.3) is 5.24 Å². The molecule has 1 atom stereocenters. The fourth-order valence-electron chi connectivity index (χ4n) is 4.26. The van der Waals surface area contributed by atoms with E-state index >= 15 is 0 Å². The van der Waals surface area contributed by atoms with Crippen LogP contribution in [-0.2, 0) is 19.7 Å². The maximum Gasteiger partial charge on any atom is 0.289 e. The summed E-state index contributed by atoms with van der Waals surface area (Å²) in [4.78, 5) is 40.7. The number of carbonyl (C=O) groups excluding carboxylic acids is 3. The molecule has 138 valence electrons. The molecular formula is C19H22N2O4S. The SMILES string of the molecule is O=C1CSC(=O)N1C1CCN(C(=O)C2(c3ccccc3)CCOCC2)C1. The highest BCUT2D eigenvalue weighted by Gasteiger charge is 2.47. The predicted molar refractivity (Wildman–Crippen MR) is 97.9 cm³/mol. The quantitative estimate of drug-likeness (QED) is 0.810. The highest BCUT2D eigenvalue weighted by Crippen LogP contribution is 2.38. The molecule has 0 N–H and O–H groups in total. The van der Waals surface area contributed by atoms with Crippen LogP contribution in [0.25, 0.3) is 0 Å². The zero-order valence-electron chi connectivity index (χ0n) is 14.6. The van der Waals surface area contributed by atoms with Gasteiger partial charge in [-0.05, 0) is 24.8 Å². The Labute approximate surface area is 156 Å². The molecular weight excluding hydrogens is 352 g/mol. The van der Waals surface area contributed by atoms with E-state index in [4.69, 9.17) is 4.74 Å². The van der Waals surface area contributed by atoms with E-state index in [0.717, 1.165) is 17.3 Å². The zero-order valence-corrected chi connectivity index (χ0v) is 15.4. The monoisotopic (exact) mass is 374 g/mol. The van der Waals surface area contributed by atoms with E-state index < -0.39 is 5.41 Å². The number of carbonyl (C=O) groups is 3. The van der Waals surface area contributed by atoms with Crippen LogP contribution in [0.2, 0.25) is 0 Å². The van der Waals surface area contributed by atoms with Crippen LogP contribution in [0.15, 0.2) is 30.3 Å². The average Bonchev–Trinajstić information content (AvgIpc) is 3.29. The molecule has 0 aliphatic carbocycles. The van der Waals surface area contributed by atoms with Crippen molar-refractivity contribution in [3.63, 3.8) is 0 Å². The first kappa shape index (κ1) is 17.5. The number of benzene rings is 1. The molecule has 3 saturated heterocycles. The van der Waals surface area contributed by atoms with Gasteiger partial charge >= 0.3 is 0 Å². The fourth-order valence-corrected chi connectivity index (χ4v) is 5.04. The second kappa shape index (κ2) is 7.04. The molecule has 3 aliphatic rings. The van der Waals surface area contributed by atoms with Crippen LogP contribution in [0, 0.1) is 0 Å². The number of rotatable bonds is 3. The van der Waals surface area contributed by atoms with Gasteiger partial charge in [-0.15, -0.1) is 0 Å². The van der Waals surface area contributed by atoms with Crippen LogP contribution >= 0.6 is 11.8 Å². The Morgan fingerprint density at radius 2 is 1.88 bits per heavy atom. The highest BCUT2D eigenvalue weighted by atomic mass is 32.2. The summed E-state index contributed by atoms with van der Waals surface area (Å²) in [5, 5.41) is -0.182. The summed E-state index contributed by atoms with van der Waals surface area (Å²) < 4.78 is 5.52. The first-order valence-corrected chi connectivity index (χ1v) is 10.0. The Morgan fingerprint density at radius 3 is 2.54 bits per heavy atom. The molecule has 1 aromatic rings. The summed E-state index contributed by atoms with van der Waals surface area (Å²) >= 11 is 1.05. The van der Waals surface area contributed by atoms with Crippen LogP contribution in [0.4, 0.5) is 4.79 Å². The molecule has 3 amide bonds. The molecule has 3 fully saturated rings. The normalized spacial score (nSPS) is 25.8. The summed E-state index contributed by atoms with van der Waals surface area (Å²) in [5.74, 6) is 0.179. The number of hydrogen-bond acceptors (Lipinski definition) is 5. The van der Waals surface area contributed by atoms with E-state index in [-0.39, 0.29) is 28.8 Å². The van der Waals surface area contributed by atoms with E-state index in [1.54, 1.807) is 0 Å². The van der Waals surface area contributed by atoms with Gasteiger partial charge in [0.2, 0.25) is 11.8 Å². The van der Waals surface area contributed by atoms with E-state index in [1.165, 1.54) is 4.90 Å². The van der Waals surface area contributed by atoms with Gasteiger partial charge in [0.05, 0.1) is 17.2 Å². The smallest absolute Gasteiger partial charge is 0.289 e. The van der Waals surface area contributed by atoms with E-state index in [2.05, 4.69) is 0 Å². The first-order valence-electron chi connectivity index (χ1n) is 9.03. The van der Waals surface area contributed by atoms with Gasteiger partial charge in [-0.1, -0.05) is 42.1 Å². The Bertz CT molecular complexity index is 702. The number of hydrogen-bond donors (Lipinski definition) is 0. The largest absolute Gasteiger partial charge is 0.381 e. The van der Waals surface area contributed by atoms with Crippen molar-refractivity contribution in [3.8, 4) is 0 Å². The average molecular weight is 374 g/mol. The number of nitrogens with zero attached hydrogens (tertiary/aromatic N) is 2. The summed E-state index contributed by atoms with van der Waals surface area (Å²) in [6.45, 7) is 2.16. The van der Waals surface area contributed by atoms with Crippen molar-refractivity contribution in [2.45, 2.75) is 30.7 Å². The minimum atomic E-state index is -0.567. The van der Waals surface area contributed by atoms with E-state index in [0.29, 0.717) is 45.6 Å². The summed E-state index contributed by atoms with van der Waals surface area (Å²) in [6, 6.07) is 9.72. The predicted octanol–water partition coefficient (Wildman–Crippen LogP) is 2.03. The van der Waals surface area contributed by atoms with E-state index in [9.17, 15) is 14.4 Å². The number of ether oxygens (including phenoxy) is 1. The molecule has 4 rings (SSSR count). The highest BCUT2D eigenvalue weighted by molar-refractivity contribution is 8.14. The number of imide groups is 1. The van der Waals surface area contributed by atoms with E-state index in [1.807, 2.05) is 35.2 Å². The molecule has 26 heavy (non-hydrogen) atoms. The lowest BCUT2D eigenvalue weighted by Gasteiger charge is -2.39. The van der Waals surface area contributed by atoms with Gasteiger partial charge in [0.1, 0.15) is 0 Å². The standard InChI is InChI=1S/C19H22N2O4S/c22-16-13-26-18(24)21(16)15-6-9-20(12-15)17(23)19(7-10-25-11-8-19)14-4-2-1-3-5-14/h1-5,15H,6-13H2. The van der Waals surface area contributed by atoms with Gasteiger partial charge in [0, 0.05) is 26.3 Å². The third kappa shape index (κ3) is 2.93. The third-order valence-corrected chi connectivity index (χ3v) is 6.52. The zero-order chi connectivity index (χ0) is 18.1. The first-order chi connectivity index (χ1) is 12.6. The Kier molecular flexibility index (Phi) is 4.75. The van der Waals surface area contributed by atoms with Crippen molar-refractivity contribution in [3.05, 3.63) is 35.9 Å². The van der Waals surface area contributed by atoms with Crippen LogP contribution in [0.5, 0.6) is 0 Å². The van der Waals surface area contributed by atoms with Crippen LogP contribution in [0.1, 0.15) is 24.8 Å². The molecule has 3 heterocycles.